The smallest absolute Gasteiger partial charge is 0.225 e. The van der Waals surface area contributed by atoms with Gasteiger partial charge in [-0.05, 0) is 62.6 Å². The zero-order valence-electron chi connectivity index (χ0n) is 19.8. The number of nitrogens with zero attached hydrogens (tertiary/aromatic N) is 4. The maximum absolute atomic E-state index is 13.2. The van der Waals surface area contributed by atoms with Crippen LogP contribution in [0.4, 0.5) is 10.8 Å². The number of amides is 1. The lowest BCUT2D eigenvalue weighted by atomic mass is 9.95. The monoisotopic (exact) mass is 498 g/mol. The van der Waals surface area contributed by atoms with Gasteiger partial charge in [0.2, 0.25) is 5.91 Å². The van der Waals surface area contributed by atoms with Crippen molar-refractivity contribution in [2.45, 2.75) is 26.7 Å². The first kappa shape index (κ1) is 23.2. The predicted molar refractivity (Wildman–Crippen MR) is 141 cm³/mol. The average Bonchev–Trinajstić information content (AvgIpc) is 3.29. The Balaban J connectivity index is 1.16. The van der Waals surface area contributed by atoms with Crippen LogP contribution in [0.2, 0.25) is 5.02 Å². The number of ether oxygens (including phenoxy) is 1. The van der Waals surface area contributed by atoms with Crippen molar-refractivity contribution in [1.82, 2.24) is 9.88 Å². The van der Waals surface area contributed by atoms with Gasteiger partial charge < -0.3 is 19.4 Å². The highest BCUT2D eigenvalue weighted by Gasteiger charge is 2.31. The number of fused-ring (bicyclic) bond motifs is 1. The van der Waals surface area contributed by atoms with Crippen molar-refractivity contribution in [1.29, 1.82) is 0 Å². The minimum atomic E-state index is 0.106. The highest BCUT2D eigenvalue weighted by molar-refractivity contribution is 7.22. The zero-order chi connectivity index (χ0) is 23.7. The van der Waals surface area contributed by atoms with Crippen molar-refractivity contribution in [3.63, 3.8) is 0 Å². The summed E-state index contributed by atoms with van der Waals surface area (Å²) in [5.74, 6) is 1.31. The molecule has 3 aromatic rings. The van der Waals surface area contributed by atoms with E-state index in [9.17, 15) is 4.79 Å². The molecule has 8 heteroatoms. The molecule has 2 saturated heterocycles. The first-order chi connectivity index (χ1) is 16.5. The molecule has 6 nitrogen and oxygen atoms in total. The molecule has 1 aromatic heterocycles. The third-order valence-electron chi connectivity index (χ3n) is 6.88. The first-order valence-corrected chi connectivity index (χ1v) is 13.3. The van der Waals surface area contributed by atoms with Gasteiger partial charge in [-0.1, -0.05) is 29.0 Å². The second-order valence-corrected chi connectivity index (χ2v) is 10.5. The van der Waals surface area contributed by atoms with Gasteiger partial charge in [0.1, 0.15) is 5.75 Å². The van der Waals surface area contributed by atoms with E-state index in [1.807, 2.05) is 31.2 Å². The average molecular weight is 499 g/mol. The zero-order valence-corrected chi connectivity index (χ0v) is 21.4. The van der Waals surface area contributed by atoms with E-state index in [1.165, 1.54) is 11.3 Å². The van der Waals surface area contributed by atoms with Gasteiger partial charge in [-0.2, -0.15) is 0 Å². The Morgan fingerprint density at radius 3 is 2.56 bits per heavy atom. The normalized spacial score (nSPS) is 17.4. The minimum Gasteiger partial charge on any atom is -0.494 e. The molecule has 5 rings (SSSR count). The number of hydrogen-bond acceptors (Lipinski definition) is 6. The number of thiazole rings is 1. The summed E-state index contributed by atoms with van der Waals surface area (Å²) in [6.07, 6.45) is 1.76. The lowest BCUT2D eigenvalue weighted by Gasteiger charge is -2.39. The van der Waals surface area contributed by atoms with Gasteiger partial charge in [-0.3, -0.25) is 4.79 Å². The maximum atomic E-state index is 13.2. The number of halogens is 1. The summed E-state index contributed by atoms with van der Waals surface area (Å²) in [6, 6.07) is 12.1. The highest BCUT2D eigenvalue weighted by Crippen LogP contribution is 2.34. The van der Waals surface area contributed by atoms with Crippen LogP contribution in [0.3, 0.4) is 0 Å². The molecule has 0 spiro atoms. The molecule has 2 aliphatic heterocycles. The molecule has 0 N–H and O–H groups in total. The molecule has 3 heterocycles. The third kappa shape index (κ3) is 4.82. The molecular weight excluding hydrogens is 468 g/mol. The van der Waals surface area contributed by atoms with E-state index in [4.69, 9.17) is 21.3 Å². The van der Waals surface area contributed by atoms with E-state index in [2.05, 4.69) is 33.8 Å². The molecule has 0 unspecified atom stereocenters. The fourth-order valence-electron chi connectivity index (χ4n) is 4.95. The molecule has 0 radical (unpaired) electrons. The predicted octanol–water partition coefficient (Wildman–Crippen LogP) is 5.22. The number of piperidine rings is 1. The Morgan fingerprint density at radius 1 is 1.06 bits per heavy atom. The van der Waals surface area contributed by atoms with Crippen molar-refractivity contribution in [3.05, 3.63) is 47.0 Å². The number of rotatable bonds is 5. The highest BCUT2D eigenvalue weighted by atomic mass is 35.5. The van der Waals surface area contributed by atoms with Gasteiger partial charge in [0.05, 0.1) is 16.8 Å². The summed E-state index contributed by atoms with van der Waals surface area (Å²) < 4.78 is 6.77. The van der Waals surface area contributed by atoms with Crippen LogP contribution in [-0.2, 0) is 4.79 Å². The largest absolute Gasteiger partial charge is 0.494 e. The summed E-state index contributed by atoms with van der Waals surface area (Å²) >= 11 is 7.92. The summed E-state index contributed by atoms with van der Waals surface area (Å²) in [5, 5.41) is 1.80. The maximum Gasteiger partial charge on any atom is 0.225 e. The van der Waals surface area contributed by atoms with Crippen molar-refractivity contribution in [3.8, 4) is 5.75 Å². The fourth-order valence-corrected chi connectivity index (χ4v) is 6.16. The number of hydrogen-bond donors (Lipinski definition) is 0. The van der Waals surface area contributed by atoms with Crippen LogP contribution in [0.25, 0.3) is 10.2 Å². The second kappa shape index (κ2) is 10.0. The van der Waals surface area contributed by atoms with Crippen LogP contribution in [0.15, 0.2) is 36.4 Å². The Labute approximate surface area is 210 Å². The van der Waals surface area contributed by atoms with Gasteiger partial charge in [0, 0.05) is 55.9 Å². The Morgan fingerprint density at radius 2 is 1.82 bits per heavy atom. The second-order valence-electron chi connectivity index (χ2n) is 9.06. The molecule has 180 valence electrons. The number of carbonyl (C=O) groups is 1. The van der Waals surface area contributed by atoms with E-state index < -0.39 is 0 Å². The van der Waals surface area contributed by atoms with E-state index >= 15 is 0 Å². The molecular formula is C26H31ClN4O2S. The van der Waals surface area contributed by atoms with Crippen LogP contribution < -0.4 is 14.5 Å². The van der Waals surface area contributed by atoms with Crippen LogP contribution in [0.1, 0.15) is 25.3 Å². The fraction of sp³-hybridized carbons (Fsp3) is 0.462. The molecule has 0 bridgehead atoms. The molecule has 0 atom stereocenters. The lowest BCUT2D eigenvalue weighted by molar-refractivity contribution is -0.136. The lowest BCUT2D eigenvalue weighted by Crippen LogP contribution is -2.51. The van der Waals surface area contributed by atoms with E-state index in [0.717, 1.165) is 78.2 Å². The van der Waals surface area contributed by atoms with Crippen LogP contribution >= 0.6 is 22.9 Å². The van der Waals surface area contributed by atoms with Gasteiger partial charge in [-0.15, -0.1) is 0 Å². The first-order valence-electron chi connectivity index (χ1n) is 12.1. The Kier molecular flexibility index (Phi) is 6.84. The Hall–Kier alpha value is -2.51. The summed E-state index contributed by atoms with van der Waals surface area (Å²) in [4.78, 5) is 24.8. The SMILES string of the molecule is CCOc1ccc2nc(N3CCC(C(=O)N4CCN(c5cc(Cl)ccc5C)CC4)CC3)sc2c1. The number of carbonyl (C=O) groups excluding carboxylic acids is 1. The summed E-state index contributed by atoms with van der Waals surface area (Å²) in [7, 11) is 0. The number of aromatic nitrogens is 1. The third-order valence-corrected chi connectivity index (χ3v) is 8.19. The number of anilines is 2. The van der Waals surface area contributed by atoms with Crippen LogP contribution in [0.5, 0.6) is 5.75 Å². The molecule has 2 aliphatic rings. The van der Waals surface area contributed by atoms with Crippen LogP contribution in [-0.4, -0.2) is 61.7 Å². The molecule has 2 fully saturated rings. The number of benzene rings is 2. The quantitative estimate of drug-likeness (QED) is 0.482. The molecule has 1 amide bonds. The van der Waals surface area contributed by atoms with Crippen molar-refractivity contribution >= 4 is 49.9 Å². The van der Waals surface area contributed by atoms with Gasteiger partial charge in [0.25, 0.3) is 0 Å². The van der Waals surface area contributed by atoms with Gasteiger partial charge in [-0.25, -0.2) is 4.98 Å². The van der Waals surface area contributed by atoms with Crippen molar-refractivity contribution < 1.29 is 9.53 Å². The van der Waals surface area contributed by atoms with Gasteiger partial charge >= 0.3 is 0 Å². The summed E-state index contributed by atoms with van der Waals surface area (Å²) in [6.45, 7) is 9.74. The topological polar surface area (TPSA) is 48.9 Å². The van der Waals surface area contributed by atoms with Crippen molar-refractivity contribution in [2.75, 3.05) is 55.7 Å². The molecule has 2 aromatic carbocycles. The molecule has 0 saturated carbocycles. The summed E-state index contributed by atoms with van der Waals surface area (Å²) in [5.41, 5.74) is 3.41. The number of piperazine rings is 1. The van der Waals surface area contributed by atoms with Crippen LogP contribution in [0, 0.1) is 12.8 Å². The van der Waals surface area contributed by atoms with E-state index in [1.54, 1.807) is 11.3 Å². The minimum absolute atomic E-state index is 0.106. The standard InChI is InChI=1S/C26H31ClN4O2S/c1-3-33-21-6-7-22-24(17-21)34-26(28-22)31-10-8-19(9-11-31)25(32)30-14-12-29(13-15-30)23-16-20(27)5-4-18(23)2/h4-7,16-17,19H,3,8-15H2,1-2H3. The molecule has 0 aliphatic carbocycles. The Bertz CT molecular complexity index is 1170. The van der Waals surface area contributed by atoms with E-state index in [-0.39, 0.29) is 5.92 Å². The number of aryl methyl sites for hydroxylation is 1. The van der Waals surface area contributed by atoms with Crippen molar-refractivity contribution in [2.24, 2.45) is 5.92 Å². The van der Waals surface area contributed by atoms with E-state index in [0.29, 0.717) is 12.5 Å². The molecule has 34 heavy (non-hydrogen) atoms. The van der Waals surface area contributed by atoms with Gasteiger partial charge in [0.15, 0.2) is 5.13 Å².